The molecule has 3 heterocycles. The van der Waals surface area contributed by atoms with Crippen LogP contribution >= 0.6 is 0 Å². The summed E-state index contributed by atoms with van der Waals surface area (Å²) in [5, 5.41) is 10.7. The Morgan fingerprint density at radius 2 is 2.07 bits per heavy atom. The molecule has 0 saturated carbocycles. The standard InChI is InChI=1S/C21H23N5O/c1-15-9-10-17(13-22-15)21(27)23-18-8-5-11-26(14-18)20-12-19(24-25-20)16-6-3-2-4-7-16/h2-4,6-7,9-10,12-13,18H,5,8,11,14H2,1H3,(H,23,27)(H,24,25)/t18-/m0/s1. The minimum atomic E-state index is -0.0682. The number of hydrogen-bond donors (Lipinski definition) is 2. The lowest BCUT2D eigenvalue weighted by atomic mass is 10.0. The molecule has 4 rings (SSSR count). The van der Waals surface area contributed by atoms with Crippen LogP contribution in [-0.4, -0.2) is 40.2 Å². The number of rotatable bonds is 4. The Balaban J connectivity index is 1.42. The van der Waals surface area contributed by atoms with Crippen LogP contribution in [-0.2, 0) is 0 Å². The van der Waals surface area contributed by atoms with Crippen molar-refractivity contribution < 1.29 is 4.79 Å². The Morgan fingerprint density at radius 1 is 1.22 bits per heavy atom. The molecule has 138 valence electrons. The molecular weight excluding hydrogens is 338 g/mol. The van der Waals surface area contributed by atoms with E-state index in [1.807, 2.05) is 37.3 Å². The third-order valence-electron chi connectivity index (χ3n) is 4.90. The first kappa shape index (κ1) is 17.3. The summed E-state index contributed by atoms with van der Waals surface area (Å²) in [6.07, 6.45) is 3.62. The molecule has 2 aromatic heterocycles. The fraction of sp³-hybridized carbons (Fsp3) is 0.286. The number of pyridine rings is 1. The lowest BCUT2D eigenvalue weighted by Crippen LogP contribution is -2.48. The summed E-state index contributed by atoms with van der Waals surface area (Å²) in [5.74, 6) is 0.853. The van der Waals surface area contributed by atoms with Crippen LogP contribution < -0.4 is 10.2 Å². The molecule has 6 nitrogen and oxygen atoms in total. The van der Waals surface area contributed by atoms with Gasteiger partial charge in [0.2, 0.25) is 0 Å². The van der Waals surface area contributed by atoms with E-state index in [1.165, 1.54) is 0 Å². The first-order valence-corrected chi connectivity index (χ1v) is 9.28. The smallest absolute Gasteiger partial charge is 0.253 e. The molecule has 0 aliphatic carbocycles. The van der Waals surface area contributed by atoms with Crippen LogP contribution in [0, 0.1) is 6.92 Å². The maximum atomic E-state index is 12.5. The van der Waals surface area contributed by atoms with Gasteiger partial charge in [0.25, 0.3) is 5.91 Å². The van der Waals surface area contributed by atoms with Gasteiger partial charge in [-0.3, -0.25) is 14.9 Å². The van der Waals surface area contributed by atoms with Gasteiger partial charge in [0.1, 0.15) is 0 Å². The number of hydrogen-bond acceptors (Lipinski definition) is 4. The SMILES string of the molecule is Cc1ccc(C(=O)N[C@H]2CCCN(c3cc(-c4ccccc4)[nH]n3)C2)cn1. The summed E-state index contributed by atoms with van der Waals surface area (Å²) in [4.78, 5) is 18.9. The predicted molar refractivity (Wildman–Crippen MR) is 106 cm³/mol. The fourth-order valence-electron chi connectivity index (χ4n) is 3.41. The van der Waals surface area contributed by atoms with Gasteiger partial charge in [0.15, 0.2) is 5.82 Å². The molecule has 0 spiro atoms. The summed E-state index contributed by atoms with van der Waals surface area (Å²) in [5.41, 5.74) is 3.62. The molecule has 1 saturated heterocycles. The number of nitrogens with one attached hydrogen (secondary N) is 2. The van der Waals surface area contributed by atoms with E-state index in [-0.39, 0.29) is 11.9 Å². The highest BCUT2D eigenvalue weighted by atomic mass is 16.1. The van der Waals surface area contributed by atoms with E-state index < -0.39 is 0 Å². The van der Waals surface area contributed by atoms with Gasteiger partial charge in [-0.25, -0.2) is 0 Å². The normalized spacial score (nSPS) is 16.9. The van der Waals surface area contributed by atoms with Crippen molar-refractivity contribution in [3.05, 3.63) is 66.0 Å². The van der Waals surface area contributed by atoms with Crippen LogP contribution in [0.25, 0.3) is 11.3 Å². The third-order valence-corrected chi connectivity index (χ3v) is 4.90. The third kappa shape index (κ3) is 4.00. The van der Waals surface area contributed by atoms with Gasteiger partial charge in [-0.2, -0.15) is 5.10 Å². The zero-order valence-corrected chi connectivity index (χ0v) is 15.4. The topological polar surface area (TPSA) is 73.9 Å². The summed E-state index contributed by atoms with van der Waals surface area (Å²) < 4.78 is 0. The number of nitrogens with zero attached hydrogens (tertiary/aromatic N) is 3. The first-order chi connectivity index (χ1) is 13.2. The molecule has 1 aliphatic rings. The summed E-state index contributed by atoms with van der Waals surface area (Å²) in [6, 6.07) is 16.0. The summed E-state index contributed by atoms with van der Waals surface area (Å²) >= 11 is 0. The average molecular weight is 361 g/mol. The van der Waals surface area contributed by atoms with Crippen LogP contribution in [0.4, 0.5) is 5.82 Å². The molecule has 1 fully saturated rings. The van der Waals surface area contributed by atoms with E-state index in [4.69, 9.17) is 0 Å². The molecule has 0 bridgehead atoms. The van der Waals surface area contributed by atoms with Crippen molar-refractivity contribution >= 4 is 11.7 Å². The zero-order valence-electron chi connectivity index (χ0n) is 15.4. The fourth-order valence-corrected chi connectivity index (χ4v) is 3.41. The van der Waals surface area contributed by atoms with E-state index in [1.54, 1.807) is 6.20 Å². The van der Waals surface area contributed by atoms with Crippen LogP contribution in [0.15, 0.2) is 54.7 Å². The Morgan fingerprint density at radius 3 is 2.85 bits per heavy atom. The maximum Gasteiger partial charge on any atom is 0.253 e. The number of benzene rings is 1. The number of amides is 1. The van der Waals surface area contributed by atoms with Gasteiger partial charge < -0.3 is 10.2 Å². The minimum Gasteiger partial charge on any atom is -0.353 e. The van der Waals surface area contributed by atoms with Crippen molar-refractivity contribution in [2.75, 3.05) is 18.0 Å². The Kier molecular flexibility index (Phi) is 4.87. The molecule has 1 aromatic carbocycles. The van der Waals surface area contributed by atoms with Gasteiger partial charge in [-0.15, -0.1) is 0 Å². The van der Waals surface area contributed by atoms with Crippen molar-refractivity contribution in [1.82, 2.24) is 20.5 Å². The number of aryl methyl sites for hydroxylation is 1. The number of aromatic amines is 1. The second-order valence-electron chi connectivity index (χ2n) is 6.95. The lowest BCUT2D eigenvalue weighted by Gasteiger charge is -2.33. The summed E-state index contributed by atoms with van der Waals surface area (Å²) in [7, 11) is 0. The van der Waals surface area contributed by atoms with E-state index in [0.717, 1.165) is 48.7 Å². The molecule has 6 heteroatoms. The molecular formula is C21H23N5O. The van der Waals surface area contributed by atoms with Crippen molar-refractivity contribution in [1.29, 1.82) is 0 Å². The monoisotopic (exact) mass is 361 g/mol. The van der Waals surface area contributed by atoms with E-state index in [0.29, 0.717) is 5.56 Å². The van der Waals surface area contributed by atoms with Crippen molar-refractivity contribution in [2.45, 2.75) is 25.8 Å². The molecule has 3 aromatic rings. The second-order valence-corrected chi connectivity index (χ2v) is 6.95. The van der Waals surface area contributed by atoms with Crippen LogP contribution in [0.5, 0.6) is 0 Å². The van der Waals surface area contributed by atoms with Gasteiger partial charge in [0, 0.05) is 37.1 Å². The minimum absolute atomic E-state index is 0.0682. The van der Waals surface area contributed by atoms with Crippen LogP contribution in [0.3, 0.4) is 0 Å². The lowest BCUT2D eigenvalue weighted by molar-refractivity contribution is 0.0932. The highest BCUT2D eigenvalue weighted by Crippen LogP contribution is 2.24. The van der Waals surface area contributed by atoms with E-state index in [2.05, 4.69) is 43.6 Å². The maximum absolute atomic E-state index is 12.5. The first-order valence-electron chi connectivity index (χ1n) is 9.28. The van der Waals surface area contributed by atoms with Crippen LogP contribution in [0.2, 0.25) is 0 Å². The summed E-state index contributed by atoms with van der Waals surface area (Å²) in [6.45, 7) is 3.61. The van der Waals surface area contributed by atoms with Crippen LogP contribution in [0.1, 0.15) is 28.9 Å². The number of carbonyl (C=O) groups is 1. The molecule has 1 amide bonds. The second kappa shape index (κ2) is 7.61. The van der Waals surface area contributed by atoms with E-state index >= 15 is 0 Å². The molecule has 0 radical (unpaired) electrons. The highest BCUT2D eigenvalue weighted by Gasteiger charge is 2.23. The number of H-pyrrole nitrogens is 1. The largest absolute Gasteiger partial charge is 0.353 e. The predicted octanol–water partition coefficient (Wildman–Crippen LogP) is 3.18. The number of carbonyl (C=O) groups excluding carboxylic acids is 1. The Bertz CT molecular complexity index is 904. The Hall–Kier alpha value is -3.15. The highest BCUT2D eigenvalue weighted by molar-refractivity contribution is 5.94. The number of piperidine rings is 1. The van der Waals surface area contributed by atoms with Crippen molar-refractivity contribution in [2.24, 2.45) is 0 Å². The van der Waals surface area contributed by atoms with Gasteiger partial charge in [-0.05, 0) is 37.5 Å². The van der Waals surface area contributed by atoms with Gasteiger partial charge in [-0.1, -0.05) is 30.3 Å². The average Bonchev–Trinajstić information content (AvgIpc) is 3.20. The van der Waals surface area contributed by atoms with Crippen molar-refractivity contribution in [3.8, 4) is 11.3 Å². The van der Waals surface area contributed by atoms with Crippen molar-refractivity contribution in [3.63, 3.8) is 0 Å². The Labute approximate surface area is 158 Å². The molecule has 2 N–H and O–H groups in total. The molecule has 1 atom stereocenters. The zero-order chi connectivity index (χ0) is 18.6. The van der Waals surface area contributed by atoms with E-state index in [9.17, 15) is 4.79 Å². The number of anilines is 1. The quantitative estimate of drug-likeness (QED) is 0.748. The van der Waals surface area contributed by atoms with Gasteiger partial charge >= 0.3 is 0 Å². The van der Waals surface area contributed by atoms with Gasteiger partial charge in [0.05, 0.1) is 11.3 Å². The molecule has 1 aliphatic heterocycles. The molecule has 0 unspecified atom stereocenters. The number of aromatic nitrogens is 3. The molecule has 27 heavy (non-hydrogen) atoms.